The fourth-order valence-electron chi connectivity index (χ4n) is 8.05. The molecule has 0 aliphatic carbocycles. The van der Waals surface area contributed by atoms with Crippen molar-refractivity contribution in [2.24, 2.45) is 0 Å². The van der Waals surface area contributed by atoms with E-state index in [1.54, 1.807) is 0 Å². The van der Waals surface area contributed by atoms with Gasteiger partial charge in [-0.1, -0.05) is 170 Å². The predicted molar refractivity (Wildman–Crippen MR) is 235 cm³/mol. The Kier molecular flexibility index (Phi) is 7.78. The third kappa shape index (κ3) is 5.92. The summed E-state index contributed by atoms with van der Waals surface area (Å²) in [5.74, 6) is 1.83. The first-order valence-electron chi connectivity index (χ1n) is 19.2. The van der Waals surface area contributed by atoms with Crippen molar-refractivity contribution in [2.75, 3.05) is 0 Å². The average molecular weight is 728 g/mol. The van der Waals surface area contributed by atoms with Crippen molar-refractivity contribution < 1.29 is 4.42 Å². The van der Waals surface area contributed by atoms with Gasteiger partial charge >= 0.3 is 0 Å². The topological polar surface area (TPSA) is 51.8 Å². The van der Waals surface area contributed by atoms with Gasteiger partial charge in [0.15, 0.2) is 17.5 Å². The van der Waals surface area contributed by atoms with Gasteiger partial charge in [0.05, 0.1) is 0 Å². The van der Waals surface area contributed by atoms with Gasteiger partial charge in [-0.15, -0.1) is 0 Å². The van der Waals surface area contributed by atoms with Crippen molar-refractivity contribution in [2.45, 2.75) is 0 Å². The summed E-state index contributed by atoms with van der Waals surface area (Å²) in [4.78, 5) is 15.3. The number of benzene rings is 9. The highest BCUT2D eigenvalue weighted by molar-refractivity contribution is 6.13. The molecule has 57 heavy (non-hydrogen) atoms. The zero-order chi connectivity index (χ0) is 37.7. The maximum absolute atomic E-state index is 6.57. The zero-order valence-electron chi connectivity index (χ0n) is 30.8. The van der Waals surface area contributed by atoms with E-state index < -0.39 is 0 Å². The molecule has 0 saturated heterocycles. The van der Waals surface area contributed by atoms with Crippen molar-refractivity contribution in [1.82, 2.24) is 15.0 Å². The van der Waals surface area contributed by atoms with Gasteiger partial charge in [0, 0.05) is 27.5 Å². The predicted octanol–water partition coefficient (Wildman–Crippen LogP) is 14.1. The molecule has 0 atom stereocenters. The first-order chi connectivity index (χ1) is 28.2. The normalized spacial score (nSPS) is 11.5. The summed E-state index contributed by atoms with van der Waals surface area (Å²) in [6.45, 7) is 0. The molecule has 0 bridgehead atoms. The highest BCUT2D eigenvalue weighted by Gasteiger charge is 2.18. The summed E-state index contributed by atoms with van der Waals surface area (Å²) in [5, 5.41) is 6.82. The van der Waals surface area contributed by atoms with Crippen LogP contribution in [0.25, 0.3) is 111 Å². The summed E-state index contributed by atoms with van der Waals surface area (Å²) < 4.78 is 6.57. The molecule has 0 unspecified atom stereocenters. The van der Waals surface area contributed by atoms with Crippen LogP contribution >= 0.6 is 0 Å². The van der Waals surface area contributed by atoms with Crippen LogP contribution in [0.4, 0.5) is 0 Å². The van der Waals surface area contributed by atoms with Crippen LogP contribution in [0.2, 0.25) is 0 Å². The number of fused-ring (bicyclic) bond motifs is 5. The lowest BCUT2D eigenvalue weighted by molar-refractivity contribution is 0.669. The van der Waals surface area contributed by atoms with Gasteiger partial charge < -0.3 is 4.42 Å². The summed E-state index contributed by atoms with van der Waals surface area (Å²) in [7, 11) is 0. The van der Waals surface area contributed by atoms with Crippen molar-refractivity contribution >= 4 is 43.5 Å². The first kappa shape index (κ1) is 32.7. The molecule has 266 valence electrons. The molecule has 0 fully saturated rings. The maximum Gasteiger partial charge on any atom is 0.164 e. The van der Waals surface area contributed by atoms with Gasteiger partial charge in [0.1, 0.15) is 11.2 Å². The van der Waals surface area contributed by atoms with Crippen LogP contribution in [0.15, 0.2) is 205 Å². The minimum atomic E-state index is 0.587. The van der Waals surface area contributed by atoms with Crippen LogP contribution in [-0.2, 0) is 0 Å². The molecule has 0 radical (unpaired) electrons. The van der Waals surface area contributed by atoms with E-state index in [1.807, 2.05) is 42.5 Å². The van der Waals surface area contributed by atoms with E-state index >= 15 is 0 Å². The molecule has 4 heteroatoms. The van der Waals surface area contributed by atoms with Gasteiger partial charge in [-0.05, 0) is 85.3 Å². The molecule has 0 N–H and O–H groups in total. The molecule has 0 aliphatic heterocycles. The van der Waals surface area contributed by atoms with Crippen LogP contribution in [0.5, 0.6) is 0 Å². The molecular formula is C53H33N3O. The highest BCUT2D eigenvalue weighted by Crippen LogP contribution is 2.39. The van der Waals surface area contributed by atoms with Gasteiger partial charge in [-0.2, -0.15) is 0 Å². The number of nitrogens with zero attached hydrogens (tertiary/aromatic N) is 3. The second-order valence-electron chi connectivity index (χ2n) is 14.4. The monoisotopic (exact) mass is 727 g/mol. The van der Waals surface area contributed by atoms with Crippen molar-refractivity contribution in [3.8, 4) is 67.5 Å². The number of furan rings is 1. The van der Waals surface area contributed by atoms with Crippen LogP contribution in [-0.4, -0.2) is 15.0 Å². The molecule has 4 nitrogen and oxygen atoms in total. The SMILES string of the molecule is c1ccc(-c2ccc3c(-c4nc(-c5ccccc5)nc(-c5ccc6c(c5)oc5cccc(-c7ccc(-c8ccc9ccccc9c8)cc7)c56)n4)cccc3c2)cc1. The molecule has 11 aromatic rings. The van der Waals surface area contributed by atoms with E-state index in [2.05, 4.69) is 158 Å². The minimum absolute atomic E-state index is 0.587. The largest absolute Gasteiger partial charge is 0.456 e. The highest BCUT2D eigenvalue weighted by atomic mass is 16.3. The maximum atomic E-state index is 6.57. The second kappa shape index (κ2) is 13.6. The third-order valence-electron chi connectivity index (χ3n) is 10.9. The van der Waals surface area contributed by atoms with Crippen molar-refractivity contribution in [3.05, 3.63) is 200 Å². The Labute approximate surface area is 329 Å². The molecule has 2 aromatic heterocycles. The van der Waals surface area contributed by atoms with Crippen LogP contribution in [0.3, 0.4) is 0 Å². The van der Waals surface area contributed by atoms with Gasteiger partial charge in [-0.25, -0.2) is 15.0 Å². The summed E-state index contributed by atoms with van der Waals surface area (Å²) in [6, 6.07) is 70.0. The third-order valence-corrected chi connectivity index (χ3v) is 10.9. The molecule has 11 rings (SSSR count). The second-order valence-corrected chi connectivity index (χ2v) is 14.4. The van der Waals surface area contributed by atoms with Crippen molar-refractivity contribution in [1.29, 1.82) is 0 Å². The zero-order valence-corrected chi connectivity index (χ0v) is 30.8. The lowest BCUT2D eigenvalue weighted by Gasteiger charge is -2.11. The Morgan fingerprint density at radius 1 is 0.281 bits per heavy atom. The Morgan fingerprint density at radius 2 is 0.825 bits per heavy atom. The van der Waals surface area contributed by atoms with Crippen LogP contribution in [0, 0.1) is 0 Å². The van der Waals surface area contributed by atoms with Crippen molar-refractivity contribution in [3.63, 3.8) is 0 Å². The molecule has 0 saturated carbocycles. The van der Waals surface area contributed by atoms with E-state index in [0.29, 0.717) is 17.5 Å². The van der Waals surface area contributed by atoms with Gasteiger partial charge in [-0.3, -0.25) is 0 Å². The minimum Gasteiger partial charge on any atom is -0.456 e. The van der Waals surface area contributed by atoms with E-state index in [1.165, 1.54) is 33.0 Å². The van der Waals surface area contributed by atoms with Gasteiger partial charge in [0.2, 0.25) is 0 Å². The molecule has 0 aliphatic rings. The van der Waals surface area contributed by atoms with Gasteiger partial charge in [0.25, 0.3) is 0 Å². The quantitative estimate of drug-likeness (QED) is 0.171. The standard InChI is InChI=1S/C53H33N3O/c1-3-11-34(12-4-1)41-27-29-44-42(32-41)17-9-19-46(44)53-55-51(38-14-5-2-6-15-38)54-52(56-53)43-28-30-47-49(33-43)57-48-20-10-18-45(50(47)48)37-24-21-36(22-25-37)40-26-23-35-13-7-8-16-39(35)31-40/h1-33H. The summed E-state index contributed by atoms with van der Waals surface area (Å²) in [5.41, 5.74) is 11.4. The number of hydrogen-bond donors (Lipinski definition) is 0. The van der Waals surface area contributed by atoms with E-state index in [0.717, 1.165) is 60.5 Å². The fraction of sp³-hybridized carbons (Fsp3) is 0. The number of rotatable bonds is 6. The van der Waals surface area contributed by atoms with E-state index in [9.17, 15) is 0 Å². The van der Waals surface area contributed by atoms with Crippen LogP contribution < -0.4 is 0 Å². The molecular weight excluding hydrogens is 695 g/mol. The fourth-order valence-corrected chi connectivity index (χ4v) is 8.05. The molecule has 0 spiro atoms. The summed E-state index contributed by atoms with van der Waals surface area (Å²) in [6.07, 6.45) is 0. The Morgan fingerprint density at radius 3 is 1.63 bits per heavy atom. The smallest absolute Gasteiger partial charge is 0.164 e. The average Bonchev–Trinajstić information content (AvgIpc) is 3.67. The van der Waals surface area contributed by atoms with E-state index in [-0.39, 0.29) is 0 Å². The number of hydrogen-bond acceptors (Lipinski definition) is 4. The lowest BCUT2D eigenvalue weighted by atomic mass is 9.96. The first-order valence-corrected chi connectivity index (χ1v) is 19.2. The molecule has 2 heterocycles. The van der Waals surface area contributed by atoms with E-state index in [4.69, 9.17) is 19.4 Å². The summed E-state index contributed by atoms with van der Waals surface area (Å²) >= 11 is 0. The lowest BCUT2D eigenvalue weighted by Crippen LogP contribution is -2.00. The van der Waals surface area contributed by atoms with Crippen LogP contribution in [0.1, 0.15) is 0 Å². The molecule has 0 amide bonds. The number of aromatic nitrogens is 3. The Bertz CT molecular complexity index is 3280. The molecule has 9 aromatic carbocycles. The Balaban J connectivity index is 0.998. The Hall–Kier alpha value is -7.69.